The number of rotatable bonds is 6. The second kappa shape index (κ2) is 8.15. The van der Waals surface area contributed by atoms with Crippen molar-refractivity contribution in [2.24, 2.45) is 0 Å². The molecule has 0 unspecified atom stereocenters. The molecule has 0 fully saturated rings. The van der Waals surface area contributed by atoms with Crippen molar-refractivity contribution >= 4 is 33.3 Å². The van der Waals surface area contributed by atoms with Gasteiger partial charge >= 0.3 is 12.2 Å². The molecule has 10 heteroatoms. The van der Waals surface area contributed by atoms with Gasteiger partial charge in [-0.15, -0.1) is 10.2 Å². The Hall–Kier alpha value is -2.36. The van der Waals surface area contributed by atoms with Gasteiger partial charge in [0.1, 0.15) is 0 Å². The minimum Gasteiger partial charge on any atom is -0.350 e. The maximum atomic E-state index is 12.7. The van der Waals surface area contributed by atoms with E-state index in [1.807, 2.05) is 11.9 Å². The van der Waals surface area contributed by atoms with Crippen LogP contribution in [0.5, 0.6) is 0 Å². The molecule has 2 rings (SSSR count). The zero-order chi connectivity index (χ0) is 18.4. The Labute approximate surface area is 147 Å². The van der Waals surface area contributed by atoms with Gasteiger partial charge in [0, 0.05) is 19.3 Å². The summed E-state index contributed by atoms with van der Waals surface area (Å²) < 4.78 is 38.0. The van der Waals surface area contributed by atoms with Crippen LogP contribution >= 0.6 is 11.3 Å². The molecule has 25 heavy (non-hydrogen) atoms. The van der Waals surface area contributed by atoms with Gasteiger partial charge < -0.3 is 10.2 Å². The van der Waals surface area contributed by atoms with E-state index >= 15 is 0 Å². The second-order valence-corrected chi connectivity index (χ2v) is 6.28. The molecule has 6 nitrogen and oxygen atoms in total. The number of unbranched alkanes of at least 4 members (excludes halogenated alkanes) is 1. The van der Waals surface area contributed by atoms with Crippen LogP contribution in [0.25, 0.3) is 0 Å². The highest BCUT2D eigenvalue weighted by molar-refractivity contribution is 7.19. The lowest BCUT2D eigenvalue weighted by molar-refractivity contribution is -0.137. The molecule has 2 aromatic rings. The van der Waals surface area contributed by atoms with E-state index in [2.05, 4.69) is 27.8 Å². The number of amides is 2. The lowest BCUT2D eigenvalue weighted by Gasteiger charge is -2.13. The van der Waals surface area contributed by atoms with E-state index in [9.17, 15) is 18.0 Å². The number of hydrogen-bond acceptors (Lipinski definition) is 5. The molecule has 0 aliphatic heterocycles. The predicted octanol–water partition coefficient (Wildman–Crippen LogP) is 4.44. The summed E-state index contributed by atoms with van der Waals surface area (Å²) in [4.78, 5) is 13.8. The first-order chi connectivity index (χ1) is 11.8. The van der Waals surface area contributed by atoms with Crippen LogP contribution in [0.15, 0.2) is 24.3 Å². The minimum atomic E-state index is -4.47. The molecule has 0 aliphatic carbocycles. The fourth-order valence-corrected chi connectivity index (χ4v) is 2.67. The molecular formula is C15H18F3N5OS. The van der Waals surface area contributed by atoms with Crippen molar-refractivity contribution < 1.29 is 18.0 Å². The topological polar surface area (TPSA) is 70.2 Å². The Kier molecular flexibility index (Phi) is 6.18. The molecule has 1 aromatic heterocycles. The first-order valence-corrected chi connectivity index (χ1v) is 8.41. The summed E-state index contributed by atoms with van der Waals surface area (Å²) in [6, 6.07) is 3.72. The summed E-state index contributed by atoms with van der Waals surface area (Å²) in [5.41, 5.74) is -0.793. The standard InChI is InChI=1S/C15H18F3N5OS/c1-3-4-8-23(2)14-22-21-13(25-14)20-12(24)19-11-7-5-6-10(9-11)15(16,17)18/h5-7,9H,3-4,8H2,1-2H3,(H2,19,20,21,24). The molecule has 1 aromatic carbocycles. The quantitative estimate of drug-likeness (QED) is 0.785. The average molecular weight is 373 g/mol. The summed E-state index contributed by atoms with van der Waals surface area (Å²) in [5, 5.41) is 13.6. The van der Waals surface area contributed by atoms with Gasteiger partial charge in [-0.25, -0.2) is 4.79 Å². The van der Waals surface area contributed by atoms with Gasteiger partial charge in [0.2, 0.25) is 10.3 Å². The van der Waals surface area contributed by atoms with Crippen LogP contribution in [0, 0.1) is 0 Å². The van der Waals surface area contributed by atoms with Crippen LogP contribution in [0.1, 0.15) is 25.3 Å². The number of halogens is 3. The normalized spacial score (nSPS) is 11.2. The van der Waals surface area contributed by atoms with Crippen molar-refractivity contribution in [1.29, 1.82) is 0 Å². The van der Waals surface area contributed by atoms with Crippen LogP contribution in [0.4, 0.5) is 33.9 Å². The summed E-state index contributed by atoms with van der Waals surface area (Å²) >= 11 is 1.19. The number of carbonyl (C=O) groups excluding carboxylic acids is 1. The van der Waals surface area contributed by atoms with Crippen molar-refractivity contribution in [3.05, 3.63) is 29.8 Å². The van der Waals surface area contributed by atoms with Crippen molar-refractivity contribution in [3.63, 3.8) is 0 Å². The largest absolute Gasteiger partial charge is 0.416 e. The molecular weight excluding hydrogens is 355 g/mol. The maximum absolute atomic E-state index is 12.7. The van der Waals surface area contributed by atoms with Gasteiger partial charge in [0.05, 0.1) is 5.56 Å². The number of anilines is 3. The molecule has 0 radical (unpaired) electrons. The number of benzene rings is 1. The third-order valence-electron chi connectivity index (χ3n) is 3.26. The number of nitrogens with zero attached hydrogens (tertiary/aromatic N) is 3. The van der Waals surface area contributed by atoms with Gasteiger partial charge in [-0.05, 0) is 24.6 Å². The molecule has 0 aliphatic rings. The molecule has 2 N–H and O–H groups in total. The van der Waals surface area contributed by atoms with E-state index in [1.165, 1.54) is 23.5 Å². The third kappa shape index (κ3) is 5.59. The zero-order valence-corrected chi connectivity index (χ0v) is 14.5. The van der Waals surface area contributed by atoms with Gasteiger partial charge in [0.15, 0.2) is 0 Å². The lowest BCUT2D eigenvalue weighted by atomic mass is 10.2. The van der Waals surface area contributed by atoms with Gasteiger partial charge in [-0.3, -0.25) is 5.32 Å². The number of nitrogens with one attached hydrogen (secondary N) is 2. The zero-order valence-electron chi connectivity index (χ0n) is 13.7. The van der Waals surface area contributed by atoms with Crippen molar-refractivity contribution in [1.82, 2.24) is 10.2 Å². The highest BCUT2D eigenvalue weighted by Crippen LogP contribution is 2.30. The first kappa shape index (κ1) is 19.0. The monoisotopic (exact) mass is 373 g/mol. The fourth-order valence-electron chi connectivity index (χ4n) is 1.94. The number of carbonyl (C=O) groups is 1. The van der Waals surface area contributed by atoms with Crippen LogP contribution in [-0.2, 0) is 6.18 Å². The molecule has 2 amide bonds. The Morgan fingerprint density at radius 2 is 2.04 bits per heavy atom. The molecule has 0 spiro atoms. The SMILES string of the molecule is CCCCN(C)c1nnc(NC(=O)Nc2cccc(C(F)(F)F)c2)s1. The van der Waals surface area contributed by atoms with E-state index in [0.29, 0.717) is 5.13 Å². The summed E-state index contributed by atoms with van der Waals surface area (Å²) in [6.45, 7) is 2.90. The Morgan fingerprint density at radius 1 is 1.28 bits per heavy atom. The summed E-state index contributed by atoms with van der Waals surface area (Å²) in [5.74, 6) is 0. The van der Waals surface area contributed by atoms with Crippen LogP contribution < -0.4 is 15.5 Å². The van der Waals surface area contributed by atoms with Crippen molar-refractivity contribution in [2.45, 2.75) is 25.9 Å². The number of aromatic nitrogens is 2. The Bertz CT molecular complexity index is 719. The highest BCUT2D eigenvalue weighted by atomic mass is 32.1. The lowest BCUT2D eigenvalue weighted by Crippen LogP contribution is -2.19. The molecule has 0 saturated heterocycles. The van der Waals surface area contributed by atoms with E-state index in [-0.39, 0.29) is 10.8 Å². The fraction of sp³-hybridized carbons (Fsp3) is 0.400. The Balaban J connectivity index is 1.96. The van der Waals surface area contributed by atoms with E-state index < -0.39 is 17.8 Å². The van der Waals surface area contributed by atoms with Crippen LogP contribution in [0.2, 0.25) is 0 Å². The van der Waals surface area contributed by atoms with E-state index in [0.717, 1.165) is 31.5 Å². The smallest absolute Gasteiger partial charge is 0.350 e. The number of urea groups is 1. The number of alkyl halides is 3. The van der Waals surface area contributed by atoms with E-state index in [4.69, 9.17) is 0 Å². The average Bonchev–Trinajstić information content (AvgIpc) is 3.00. The number of hydrogen-bond donors (Lipinski definition) is 2. The molecule has 1 heterocycles. The first-order valence-electron chi connectivity index (χ1n) is 7.59. The Morgan fingerprint density at radius 3 is 2.72 bits per heavy atom. The van der Waals surface area contributed by atoms with E-state index in [1.54, 1.807) is 0 Å². The van der Waals surface area contributed by atoms with Gasteiger partial charge in [0.25, 0.3) is 0 Å². The summed E-state index contributed by atoms with van der Waals surface area (Å²) in [7, 11) is 1.88. The van der Waals surface area contributed by atoms with Gasteiger partial charge in [-0.1, -0.05) is 30.7 Å². The predicted molar refractivity (Wildman–Crippen MR) is 92.2 cm³/mol. The van der Waals surface area contributed by atoms with Crippen molar-refractivity contribution in [3.8, 4) is 0 Å². The molecule has 136 valence electrons. The summed E-state index contributed by atoms with van der Waals surface area (Å²) in [6.07, 6.45) is -2.41. The van der Waals surface area contributed by atoms with Crippen molar-refractivity contribution in [2.75, 3.05) is 29.1 Å². The highest BCUT2D eigenvalue weighted by Gasteiger charge is 2.30. The van der Waals surface area contributed by atoms with Crippen LogP contribution in [0.3, 0.4) is 0 Å². The molecule has 0 saturated carbocycles. The minimum absolute atomic E-state index is 0.0390. The van der Waals surface area contributed by atoms with Crippen LogP contribution in [-0.4, -0.2) is 29.8 Å². The third-order valence-corrected chi connectivity index (χ3v) is 4.21. The molecule has 0 atom stereocenters. The molecule has 0 bridgehead atoms. The van der Waals surface area contributed by atoms with Gasteiger partial charge in [-0.2, -0.15) is 13.2 Å². The second-order valence-electron chi connectivity index (χ2n) is 5.32. The maximum Gasteiger partial charge on any atom is 0.416 e.